The standard InChI is InChI=1S/C24H39N7O6S/c1-13(2)10-18(23(36)37)30-22(35)19(12-38)31-21(34)17(4-3-9-28-24(26)27)29-20(33)16(25)11-14-5-7-15(32)8-6-14/h5-8,13,16-19,32,38H,3-4,9-12,25H2,1-2H3,(H,29,33)(H,30,35)(H,31,34)(H,36,37)(H4,26,27,28). The van der Waals surface area contributed by atoms with Crippen molar-refractivity contribution in [2.45, 2.75) is 63.7 Å². The number of carboxylic acid groups (broad SMARTS) is 1. The van der Waals surface area contributed by atoms with Gasteiger partial charge in [0.05, 0.1) is 6.04 Å². The van der Waals surface area contributed by atoms with Gasteiger partial charge in [-0.05, 0) is 49.3 Å². The molecule has 14 heteroatoms. The van der Waals surface area contributed by atoms with Gasteiger partial charge in [-0.1, -0.05) is 26.0 Å². The zero-order valence-electron chi connectivity index (χ0n) is 21.6. The fourth-order valence-corrected chi connectivity index (χ4v) is 3.72. The first-order valence-corrected chi connectivity index (χ1v) is 12.8. The minimum Gasteiger partial charge on any atom is -0.508 e. The molecule has 0 aliphatic heterocycles. The number of aliphatic imine (C=N–C) groups is 1. The fraction of sp³-hybridized carbons (Fsp3) is 0.542. The second kappa shape index (κ2) is 16.3. The molecule has 1 aromatic rings. The Balaban J connectivity index is 2.92. The molecule has 0 spiro atoms. The molecule has 4 atom stereocenters. The molecule has 0 heterocycles. The summed E-state index contributed by atoms with van der Waals surface area (Å²) in [6.45, 7) is 3.84. The molecular formula is C24H39N7O6S. The number of hydrogen-bond donors (Lipinski definition) is 9. The van der Waals surface area contributed by atoms with Gasteiger partial charge in [-0.3, -0.25) is 19.4 Å². The Bertz CT molecular complexity index is 970. The van der Waals surface area contributed by atoms with E-state index < -0.39 is 47.9 Å². The van der Waals surface area contributed by atoms with Crippen LogP contribution in [0.15, 0.2) is 29.3 Å². The number of benzene rings is 1. The molecule has 1 rings (SSSR count). The summed E-state index contributed by atoms with van der Waals surface area (Å²) in [5.41, 5.74) is 17.4. The number of amides is 3. The minimum absolute atomic E-state index is 0.0102. The van der Waals surface area contributed by atoms with Gasteiger partial charge in [0.1, 0.15) is 23.9 Å². The third-order valence-corrected chi connectivity index (χ3v) is 5.81. The summed E-state index contributed by atoms with van der Waals surface area (Å²) in [6.07, 6.45) is 0.822. The number of nitrogens with zero attached hydrogens (tertiary/aromatic N) is 1. The van der Waals surface area contributed by atoms with E-state index in [1.165, 1.54) is 12.1 Å². The van der Waals surface area contributed by atoms with Crippen LogP contribution in [0.25, 0.3) is 0 Å². The number of phenols is 1. The van der Waals surface area contributed by atoms with Crippen molar-refractivity contribution in [3.8, 4) is 5.75 Å². The van der Waals surface area contributed by atoms with Crippen LogP contribution in [0, 0.1) is 5.92 Å². The maximum Gasteiger partial charge on any atom is 0.326 e. The molecule has 0 saturated heterocycles. The molecule has 4 unspecified atom stereocenters. The van der Waals surface area contributed by atoms with Crippen LogP contribution in [-0.4, -0.2) is 76.3 Å². The predicted molar refractivity (Wildman–Crippen MR) is 146 cm³/mol. The smallest absolute Gasteiger partial charge is 0.326 e. The maximum atomic E-state index is 13.1. The zero-order chi connectivity index (χ0) is 28.8. The SMILES string of the molecule is CC(C)CC(NC(=O)C(CS)NC(=O)C(CCCN=C(N)N)NC(=O)C(N)Cc1ccc(O)cc1)C(=O)O. The van der Waals surface area contributed by atoms with E-state index in [0.29, 0.717) is 12.0 Å². The lowest BCUT2D eigenvalue weighted by Crippen LogP contribution is -2.57. The van der Waals surface area contributed by atoms with E-state index in [0.717, 1.165) is 0 Å². The predicted octanol–water partition coefficient (Wildman–Crippen LogP) is -1.17. The number of aromatic hydroxyl groups is 1. The molecule has 38 heavy (non-hydrogen) atoms. The molecule has 0 aromatic heterocycles. The summed E-state index contributed by atoms with van der Waals surface area (Å²) in [5, 5.41) is 26.4. The number of nitrogens with two attached hydrogens (primary N) is 3. The molecule has 0 bridgehead atoms. The van der Waals surface area contributed by atoms with Crippen LogP contribution in [0.2, 0.25) is 0 Å². The van der Waals surface area contributed by atoms with E-state index in [1.54, 1.807) is 12.1 Å². The van der Waals surface area contributed by atoms with Gasteiger partial charge in [-0.2, -0.15) is 12.6 Å². The molecule has 1 aromatic carbocycles. The lowest BCUT2D eigenvalue weighted by atomic mass is 10.0. The Kier molecular flexibility index (Phi) is 14.0. The molecule has 3 amide bonds. The summed E-state index contributed by atoms with van der Waals surface area (Å²) >= 11 is 4.12. The van der Waals surface area contributed by atoms with E-state index in [1.807, 2.05) is 13.8 Å². The molecule has 11 N–H and O–H groups in total. The molecule has 0 radical (unpaired) electrons. The van der Waals surface area contributed by atoms with Crippen LogP contribution in [-0.2, 0) is 25.6 Å². The molecule has 0 aliphatic rings. The van der Waals surface area contributed by atoms with Crippen molar-refractivity contribution in [3.63, 3.8) is 0 Å². The van der Waals surface area contributed by atoms with Crippen LogP contribution >= 0.6 is 12.6 Å². The van der Waals surface area contributed by atoms with Gasteiger partial charge in [0.15, 0.2) is 5.96 Å². The quantitative estimate of drug-likeness (QED) is 0.0518. The van der Waals surface area contributed by atoms with Crippen LogP contribution in [0.4, 0.5) is 0 Å². The number of thiol groups is 1. The highest BCUT2D eigenvalue weighted by Crippen LogP contribution is 2.11. The van der Waals surface area contributed by atoms with Crippen molar-refractivity contribution in [2.24, 2.45) is 28.1 Å². The first kappa shape index (κ1) is 32.5. The van der Waals surface area contributed by atoms with Crippen molar-refractivity contribution in [3.05, 3.63) is 29.8 Å². The highest BCUT2D eigenvalue weighted by atomic mass is 32.1. The highest BCUT2D eigenvalue weighted by molar-refractivity contribution is 7.80. The first-order valence-electron chi connectivity index (χ1n) is 12.2. The Morgan fingerprint density at radius 1 is 0.947 bits per heavy atom. The summed E-state index contributed by atoms with van der Waals surface area (Å²) < 4.78 is 0. The van der Waals surface area contributed by atoms with Crippen molar-refractivity contribution < 1.29 is 29.4 Å². The zero-order valence-corrected chi connectivity index (χ0v) is 22.5. The average Bonchev–Trinajstić information content (AvgIpc) is 2.84. The van der Waals surface area contributed by atoms with Crippen LogP contribution in [0.5, 0.6) is 5.75 Å². The topological polar surface area (TPSA) is 235 Å². The van der Waals surface area contributed by atoms with Crippen molar-refractivity contribution in [1.82, 2.24) is 16.0 Å². The number of carboxylic acids is 1. The summed E-state index contributed by atoms with van der Waals surface area (Å²) in [6, 6.07) is 1.84. The summed E-state index contributed by atoms with van der Waals surface area (Å²) in [4.78, 5) is 54.0. The van der Waals surface area contributed by atoms with Crippen molar-refractivity contribution in [1.29, 1.82) is 0 Å². The number of carbonyl (C=O) groups is 4. The Morgan fingerprint density at radius 3 is 2.03 bits per heavy atom. The lowest BCUT2D eigenvalue weighted by molar-refractivity contribution is -0.142. The normalized spacial score (nSPS) is 14.0. The molecular weight excluding hydrogens is 514 g/mol. The Morgan fingerprint density at radius 2 is 1.50 bits per heavy atom. The second-order valence-corrected chi connectivity index (χ2v) is 9.62. The number of aliphatic carboxylic acids is 1. The second-order valence-electron chi connectivity index (χ2n) is 9.26. The van der Waals surface area contributed by atoms with E-state index >= 15 is 0 Å². The maximum absolute atomic E-state index is 13.1. The van der Waals surface area contributed by atoms with E-state index in [4.69, 9.17) is 17.2 Å². The van der Waals surface area contributed by atoms with Crippen LogP contribution < -0.4 is 33.2 Å². The Hall–Kier alpha value is -3.52. The lowest BCUT2D eigenvalue weighted by Gasteiger charge is -2.25. The number of carbonyl (C=O) groups excluding carboxylic acids is 3. The summed E-state index contributed by atoms with van der Waals surface area (Å²) in [7, 11) is 0. The largest absolute Gasteiger partial charge is 0.508 e. The number of rotatable bonds is 16. The van der Waals surface area contributed by atoms with Crippen LogP contribution in [0.3, 0.4) is 0 Å². The van der Waals surface area contributed by atoms with Gasteiger partial charge in [-0.25, -0.2) is 4.79 Å². The number of guanidine groups is 1. The third-order valence-electron chi connectivity index (χ3n) is 5.44. The Labute approximate surface area is 227 Å². The third kappa shape index (κ3) is 12.1. The minimum atomic E-state index is -1.19. The highest BCUT2D eigenvalue weighted by Gasteiger charge is 2.30. The monoisotopic (exact) mass is 553 g/mol. The number of phenolic OH excluding ortho intramolecular Hbond substituents is 1. The van der Waals surface area contributed by atoms with E-state index in [2.05, 4.69) is 33.6 Å². The van der Waals surface area contributed by atoms with Gasteiger partial charge in [0, 0.05) is 12.3 Å². The van der Waals surface area contributed by atoms with Crippen LogP contribution in [0.1, 0.15) is 38.7 Å². The molecule has 212 valence electrons. The first-order chi connectivity index (χ1) is 17.8. The molecule has 0 fully saturated rings. The average molecular weight is 554 g/mol. The fourth-order valence-electron chi connectivity index (χ4n) is 3.46. The van der Waals surface area contributed by atoms with Gasteiger partial charge < -0.3 is 43.4 Å². The van der Waals surface area contributed by atoms with E-state index in [9.17, 15) is 29.4 Å². The van der Waals surface area contributed by atoms with Gasteiger partial charge in [0.2, 0.25) is 17.7 Å². The number of nitrogens with one attached hydrogen (secondary N) is 3. The van der Waals surface area contributed by atoms with Gasteiger partial charge in [0.25, 0.3) is 0 Å². The van der Waals surface area contributed by atoms with E-state index in [-0.39, 0.29) is 49.2 Å². The number of hydrogen-bond acceptors (Lipinski definition) is 8. The van der Waals surface area contributed by atoms with Gasteiger partial charge >= 0.3 is 5.97 Å². The van der Waals surface area contributed by atoms with Crippen molar-refractivity contribution >= 4 is 42.3 Å². The molecule has 0 aliphatic carbocycles. The molecule has 13 nitrogen and oxygen atoms in total. The van der Waals surface area contributed by atoms with Gasteiger partial charge in [-0.15, -0.1) is 0 Å². The molecule has 0 saturated carbocycles. The van der Waals surface area contributed by atoms with Crippen molar-refractivity contribution in [2.75, 3.05) is 12.3 Å². The summed E-state index contributed by atoms with van der Waals surface area (Å²) in [5.74, 6) is -3.32.